The molecule has 1 unspecified atom stereocenters. The topological polar surface area (TPSA) is 29.3 Å². The van der Waals surface area contributed by atoms with Gasteiger partial charge < -0.3 is 4.42 Å². The van der Waals surface area contributed by atoms with Crippen LogP contribution in [-0.2, 0) is 6.54 Å². The Morgan fingerprint density at radius 2 is 2.31 bits per heavy atom. The Labute approximate surface area is 97.8 Å². The molecule has 3 heteroatoms. The molecule has 0 aliphatic carbocycles. The molecule has 1 aromatic rings. The van der Waals surface area contributed by atoms with E-state index in [0.717, 1.165) is 18.4 Å². The molecule has 1 fully saturated rings. The maximum absolute atomic E-state index is 5.30. The molecular formula is C13H22N2O. The SMILES string of the molecule is CC(C)(C)C1CCCN(Cc2ncco2)C1. The molecule has 0 amide bonds. The highest BCUT2D eigenvalue weighted by Gasteiger charge is 2.29. The largest absolute Gasteiger partial charge is 0.448 e. The highest BCUT2D eigenvalue weighted by molar-refractivity contribution is 4.85. The maximum Gasteiger partial charge on any atom is 0.208 e. The molecule has 0 N–H and O–H groups in total. The number of oxazole rings is 1. The number of likely N-dealkylation sites (tertiary alicyclic amines) is 1. The first-order chi connectivity index (χ1) is 7.55. The van der Waals surface area contributed by atoms with Crippen molar-refractivity contribution in [2.45, 2.75) is 40.2 Å². The normalized spacial score (nSPS) is 23.6. The first-order valence-corrected chi connectivity index (χ1v) is 6.16. The molecule has 3 nitrogen and oxygen atoms in total. The monoisotopic (exact) mass is 222 g/mol. The van der Waals surface area contributed by atoms with E-state index in [1.54, 1.807) is 12.5 Å². The van der Waals surface area contributed by atoms with Crippen molar-refractivity contribution in [3.63, 3.8) is 0 Å². The maximum atomic E-state index is 5.30. The lowest BCUT2D eigenvalue weighted by molar-refractivity contribution is 0.0881. The van der Waals surface area contributed by atoms with Gasteiger partial charge in [-0.15, -0.1) is 0 Å². The van der Waals surface area contributed by atoms with Crippen LogP contribution in [0.2, 0.25) is 0 Å². The van der Waals surface area contributed by atoms with Crippen LogP contribution in [-0.4, -0.2) is 23.0 Å². The third-order valence-corrected chi connectivity index (χ3v) is 3.57. The van der Waals surface area contributed by atoms with Gasteiger partial charge in [0.1, 0.15) is 6.26 Å². The molecule has 0 spiro atoms. The Morgan fingerprint density at radius 1 is 1.50 bits per heavy atom. The molecular weight excluding hydrogens is 200 g/mol. The van der Waals surface area contributed by atoms with Gasteiger partial charge in [0.05, 0.1) is 12.7 Å². The summed E-state index contributed by atoms with van der Waals surface area (Å²) in [5.41, 5.74) is 0.412. The molecule has 0 aromatic carbocycles. The van der Waals surface area contributed by atoms with E-state index in [4.69, 9.17) is 4.42 Å². The molecule has 0 radical (unpaired) electrons. The van der Waals surface area contributed by atoms with Gasteiger partial charge in [-0.1, -0.05) is 20.8 Å². The average molecular weight is 222 g/mol. The Kier molecular flexibility index (Phi) is 3.33. The van der Waals surface area contributed by atoms with Crippen LogP contribution < -0.4 is 0 Å². The van der Waals surface area contributed by atoms with Crippen molar-refractivity contribution in [2.75, 3.05) is 13.1 Å². The summed E-state index contributed by atoms with van der Waals surface area (Å²) in [6.45, 7) is 10.2. The van der Waals surface area contributed by atoms with Crippen molar-refractivity contribution < 1.29 is 4.42 Å². The summed E-state index contributed by atoms with van der Waals surface area (Å²) in [6.07, 6.45) is 6.02. The van der Waals surface area contributed by atoms with Crippen LogP contribution in [0.5, 0.6) is 0 Å². The molecule has 2 heterocycles. The first kappa shape index (κ1) is 11.6. The Hall–Kier alpha value is -0.830. The second-order valence-corrected chi connectivity index (χ2v) is 5.87. The third-order valence-electron chi connectivity index (χ3n) is 3.57. The van der Waals surface area contributed by atoms with E-state index in [1.807, 2.05) is 0 Å². The van der Waals surface area contributed by atoms with Gasteiger partial charge in [0.15, 0.2) is 0 Å². The van der Waals surface area contributed by atoms with Gasteiger partial charge >= 0.3 is 0 Å². The average Bonchev–Trinajstić information content (AvgIpc) is 2.70. The second-order valence-electron chi connectivity index (χ2n) is 5.87. The smallest absolute Gasteiger partial charge is 0.208 e. The van der Waals surface area contributed by atoms with Crippen LogP contribution in [0.3, 0.4) is 0 Å². The zero-order valence-electron chi connectivity index (χ0n) is 10.6. The Bertz CT molecular complexity index is 313. The van der Waals surface area contributed by atoms with Gasteiger partial charge in [0.2, 0.25) is 5.89 Å². The fraction of sp³-hybridized carbons (Fsp3) is 0.769. The number of hydrogen-bond acceptors (Lipinski definition) is 3. The van der Waals surface area contributed by atoms with Crippen molar-refractivity contribution in [1.29, 1.82) is 0 Å². The Morgan fingerprint density at radius 3 is 2.94 bits per heavy atom. The lowest BCUT2D eigenvalue weighted by Gasteiger charge is -2.39. The molecule has 1 aromatic heterocycles. The van der Waals surface area contributed by atoms with E-state index in [2.05, 4.69) is 30.7 Å². The van der Waals surface area contributed by atoms with Gasteiger partial charge in [0.25, 0.3) is 0 Å². The predicted molar refractivity (Wildman–Crippen MR) is 64.0 cm³/mol. The summed E-state index contributed by atoms with van der Waals surface area (Å²) in [5.74, 6) is 1.63. The summed E-state index contributed by atoms with van der Waals surface area (Å²) in [5, 5.41) is 0. The van der Waals surface area contributed by atoms with Crippen molar-refractivity contribution in [2.24, 2.45) is 11.3 Å². The van der Waals surface area contributed by atoms with E-state index >= 15 is 0 Å². The highest BCUT2D eigenvalue weighted by Crippen LogP contribution is 2.33. The van der Waals surface area contributed by atoms with E-state index in [0.29, 0.717) is 5.41 Å². The minimum Gasteiger partial charge on any atom is -0.448 e. The number of hydrogen-bond donors (Lipinski definition) is 0. The molecule has 0 bridgehead atoms. The predicted octanol–water partition coefficient (Wildman–Crippen LogP) is 2.93. The van der Waals surface area contributed by atoms with Crippen LogP contribution in [0.4, 0.5) is 0 Å². The number of piperidine rings is 1. The Balaban J connectivity index is 1.92. The molecule has 1 aliphatic rings. The highest BCUT2D eigenvalue weighted by atomic mass is 16.3. The zero-order chi connectivity index (χ0) is 11.6. The van der Waals surface area contributed by atoms with Crippen molar-refractivity contribution in [1.82, 2.24) is 9.88 Å². The van der Waals surface area contributed by atoms with Crippen molar-refractivity contribution in [3.8, 4) is 0 Å². The summed E-state index contributed by atoms with van der Waals surface area (Å²) in [4.78, 5) is 6.65. The molecule has 2 rings (SSSR count). The minimum atomic E-state index is 0.412. The third kappa shape index (κ3) is 2.85. The summed E-state index contributed by atoms with van der Waals surface area (Å²) < 4.78 is 5.30. The zero-order valence-corrected chi connectivity index (χ0v) is 10.6. The van der Waals surface area contributed by atoms with Crippen LogP contribution in [0.15, 0.2) is 16.9 Å². The van der Waals surface area contributed by atoms with E-state index < -0.39 is 0 Å². The van der Waals surface area contributed by atoms with Crippen LogP contribution in [0, 0.1) is 11.3 Å². The van der Waals surface area contributed by atoms with E-state index in [-0.39, 0.29) is 0 Å². The van der Waals surface area contributed by atoms with Crippen LogP contribution in [0.25, 0.3) is 0 Å². The summed E-state index contributed by atoms with van der Waals surface area (Å²) in [6, 6.07) is 0. The van der Waals surface area contributed by atoms with Crippen molar-refractivity contribution in [3.05, 3.63) is 18.4 Å². The van der Waals surface area contributed by atoms with Crippen LogP contribution >= 0.6 is 0 Å². The minimum absolute atomic E-state index is 0.412. The lowest BCUT2D eigenvalue weighted by Crippen LogP contribution is -2.40. The molecule has 0 saturated carbocycles. The fourth-order valence-corrected chi connectivity index (χ4v) is 2.43. The molecule has 1 atom stereocenters. The van der Waals surface area contributed by atoms with Gasteiger partial charge in [0, 0.05) is 6.54 Å². The fourth-order valence-electron chi connectivity index (χ4n) is 2.43. The number of rotatable bonds is 2. The quantitative estimate of drug-likeness (QED) is 0.770. The van der Waals surface area contributed by atoms with Gasteiger partial charge in [-0.05, 0) is 30.7 Å². The molecule has 1 aliphatic heterocycles. The van der Waals surface area contributed by atoms with E-state index in [9.17, 15) is 0 Å². The molecule has 1 saturated heterocycles. The molecule has 16 heavy (non-hydrogen) atoms. The molecule has 90 valence electrons. The van der Waals surface area contributed by atoms with Crippen molar-refractivity contribution >= 4 is 0 Å². The first-order valence-electron chi connectivity index (χ1n) is 6.16. The summed E-state index contributed by atoms with van der Waals surface area (Å²) >= 11 is 0. The van der Waals surface area contributed by atoms with Gasteiger partial charge in [-0.25, -0.2) is 4.98 Å². The van der Waals surface area contributed by atoms with E-state index in [1.165, 1.54) is 25.9 Å². The summed E-state index contributed by atoms with van der Waals surface area (Å²) in [7, 11) is 0. The number of aromatic nitrogens is 1. The lowest BCUT2D eigenvalue weighted by atomic mass is 9.76. The van der Waals surface area contributed by atoms with Crippen LogP contribution in [0.1, 0.15) is 39.5 Å². The van der Waals surface area contributed by atoms with Gasteiger partial charge in [-0.2, -0.15) is 0 Å². The standard InChI is InChI=1S/C13H22N2O/c1-13(2,3)11-5-4-7-15(9-11)10-12-14-6-8-16-12/h6,8,11H,4-5,7,9-10H2,1-3H3. The van der Waals surface area contributed by atoms with Gasteiger partial charge in [-0.3, -0.25) is 4.90 Å². The number of nitrogens with zero attached hydrogens (tertiary/aromatic N) is 2. The second kappa shape index (κ2) is 4.58.